The van der Waals surface area contributed by atoms with Crippen molar-refractivity contribution in [2.24, 2.45) is 0 Å². The topological polar surface area (TPSA) is 163 Å². The Morgan fingerprint density at radius 2 is 2.17 bits per heavy atom. The Labute approximate surface area is 180 Å². The number of rotatable bonds is 4. The van der Waals surface area contributed by atoms with Crippen LogP contribution in [0.1, 0.15) is 6.23 Å². The number of ether oxygens (including phenoxy) is 1. The number of phosphoric ester groups is 1. The summed E-state index contributed by atoms with van der Waals surface area (Å²) in [5.41, 5.74) is 0.725. The van der Waals surface area contributed by atoms with E-state index < -0.39 is 39.0 Å². The van der Waals surface area contributed by atoms with Crippen LogP contribution in [-0.2, 0) is 13.8 Å². The van der Waals surface area contributed by atoms with E-state index in [0.717, 1.165) is 0 Å². The fraction of sp³-hybridized carbons (Fsp3) is 0.500. The van der Waals surface area contributed by atoms with Crippen LogP contribution in [0.3, 0.4) is 0 Å². The summed E-state index contributed by atoms with van der Waals surface area (Å²) in [5, 5.41) is 19.3. The summed E-state index contributed by atoms with van der Waals surface area (Å²) in [6.07, 6.45) is -2.42. The number of nitrogens with one attached hydrogen (secondary N) is 1. The minimum absolute atomic E-state index is 0. The molecule has 0 aliphatic carbocycles. The van der Waals surface area contributed by atoms with E-state index in [2.05, 4.69) is 19.5 Å². The first kappa shape index (κ1) is 20.6. The first-order chi connectivity index (χ1) is 10.8. The first-order valence-corrected chi connectivity index (χ1v) is 8.34. The van der Waals surface area contributed by atoms with Crippen LogP contribution in [0.2, 0.25) is 0 Å². The molecule has 14 heteroatoms. The van der Waals surface area contributed by atoms with Gasteiger partial charge in [-0.3, -0.25) is 9.09 Å². The number of nitrogens with zero attached hydrogens (tertiary/aromatic N) is 3. The predicted molar refractivity (Wildman–Crippen MR) is 82.4 cm³/mol. The number of aromatic nitrogens is 4. The van der Waals surface area contributed by atoms with Crippen molar-refractivity contribution in [3.05, 3.63) is 17.3 Å². The number of hydrogen-bond donors (Lipinski definition) is 5. The van der Waals surface area contributed by atoms with E-state index in [-0.39, 0.29) is 53.5 Å². The molecule has 3 rings (SSSR count). The Morgan fingerprint density at radius 1 is 1.46 bits per heavy atom. The van der Waals surface area contributed by atoms with Crippen molar-refractivity contribution < 1.29 is 33.8 Å². The summed E-state index contributed by atoms with van der Waals surface area (Å²) in [6.45, 7) is -0.553. The molecule has 2 aromatic rings. The number of H-pyrrole nitrogens is 1. The minimum Gasteiger partial charge on any atom is -0.394 e. The van der Waals surface area contributed by atoms with E-state index in [4.69, 9.17) is 26.7 Å². The van der Waals surface area contributed by atoms with E-state index in [0.29, 0.717) is 11.2 Å². The number of hydrogen-bond acceptors (Lipinski definition) is 8. The number of aliphatic hydroxyl groups excluding tert-OH is 2. The Bertz CT molecular complexity index is 825. The van der Waals surface area contributed by atoms with E-state index in [1.54, 1.807) is 0 Å². The summed E-state index contributed by atoms with van der Waals surface area (Å²) in [4.78, 5) is 28.8. The largest absolute Gasteiger partial charge is 0.470 e. The maximum Gasteiger partial charge on any atom is 0.470 e. The number of aliphatic hydroxyl groups is 2. The molecule has 0 aromatic carbocycles. The van der Waals surface area contributed by atoms with Gasteiger partial charge in [0, 0.05) is 48.9 Å². The molecule has 0 amide bonds. The van der Waals surface area contributed by atoms with Crippen LogP contribution in [0.25, 0.3) is 11.2 Å². The molecular weight excluding hydrogens is 488 g/mol. The molecule has 1 aliphatic heterocycles. The molecule has 11 nitrogen and oxygen atoms in total. The van der Waals surface area contributed by atoms with Gasteiger partial charge in [-0.1, -0.05) is 12.2 Å². The zero-order valence-electron chi connectivity index (χ0n) is 12.1. The molecule has 2 radical (unpaired) electrons. The third-order valence-electron chi connectivity index (χ3n) is 3.41. The van der Waals surface area contributed by atoms with Crippen LogP contribution in [-0.4, -0.2) is 113 Å². The van der Waals surface area contributed by atoms with Gasteiger partial charge in [-0.2, -0.15) is 0 Å². The normalized spacial score (nSPS) is 27.3. The molecule has 1 saturated heterocycles. The third kappa shape index (κ3) is 4.01. The van der Waals surface area contributed by atoms with E-state index in [1.807, 2.05) is 0 Å². The molecule has 128 valence electrons. The van der Waals surface area contributed by atoms with E-state index in [9.17, 15) is 14.8 Å². The predicted octanol–water partition coefficient (Wildman–Crippen LogP) is -1.16. The van der Waals surface area contributed by atoms with Gasteiger partial charge < -0.3 is 29.7 Å². The SMILES string of the molecule is O=P(O)(O)O[C@@H]1[C@H](O)[C@@H](CO)O[C@H]1n1cnc2c(=S)nc[nH]c21.[Ba]. The van der Waals surface area contributed by atoms with Gasteiger partial charge in [0.15, 0.2) is 10.9 Å². The van der Waals surface area contributed by atoms with Crippen LogP contribution < -0.4 is 0 Å². The smallest absolute Gasteiger partial charge is 0.394 e. The Morgan fingerprint density at radius 3 is 2.79 bits per heavy atom. The quantitative estimate of drug-likeness (QED) is 0.196. The van der Waals surface area contributed by atoms with Crippen molar-refractivity contribution in [1.82, 2.24) is 19.5 Å². The van der Waals surface area contributed by atoms with Crippen LogP contribution in [0.5, 0.6) is 0 Å². The second-order valence-electron chi connectivity index (χ2n) is 4.86. The first-order valence-electron chi connectivity index (χ1n) is 6.40. The van der Waals surface area contributed by atoms with Gasteiger partial charge in [0.2, 0.25) is 0 Å². The number of imidazole rings is 1. The average molecular weight is 502 g/mol. The van der Waals surface area contributed by atoms with Crippen LogP contribution in [0.15, 0.2) is 12.7 Å². The third-order valence-corrected chi connectivity index (χ3v) is 4.22. The number of fused-ring (bicyclic) bond motifs is 1. The fourth-order valence-corrected chi connectivity index (χ4v) is 3.18. The van der Waals surface area contributed by atoms with Gasteiger partial charge in [0.25, 0.3) is 0 Å². The summed E-state index contributed by atoms with van der Waals surface area (Å²) >= 11 is 5.04. The van der Waals surface area contributed by atoms with Gasteiger partial charge in [0.1, 0.15) is 29.5 Å². The fourth-order valence-electron chi connectivity index (χ4n) is 2.43. The van der Waals surface area contributed by atoms with Gasteiger partial charge in [-0.25, -0.2) is 14.5 Å². The molecule has 2 aromatic heterocycles. The van der Waals surface area contributed by atoms with Gasteiger partial charge in [-0.05, 0) is 0 Å². The summed E-state index contributed by atoms with van der Waals surface area (Å²) < 4.78 is 22.8. The Kier molecular flexibility index (Phi) is 6.81. The molecule has 0 bridgehead atoms. The molecular formula is C10H13BaN4O7PS. The second-order valence-corrected chi connectivity index (χ2v) is 6.43. The molecule has 0 unspecified atom stereocenters. The summed E-state index contributed by atoms with van der Waals surface area (Å²) in [5.74, 6) is 0. The maximum absolute atomic E-state index is 11.1. The van der Waals surface area contributed by atoms with Crippen molar-refractivity contribution in [3.63, 3.8) is 0 Å². The van der Waals surface area contributed by atoms with Gasteiger partial charge in [0.05, 0.1) is 19.3 Å². The summed E-state index contributed by atoms with van der Waals surface area (Å²) in [6, 6.07) is 0. The average Bonchev–Trinajstić information content (AvgIpc) is 3.01. The monoisotopic (exact) mass is 502 g/mol. The molecule has 24 heavy (non-hydrogen) atoms. The Balaban J connectivity index is 0.00000208. The molecule has 0 spiro atoms. The molecule has 3 heterocycles. The molecule has 4 atom stereocenters. The summed E-state index contributed by atoms with van der Waals surface area (Å²) in [7, 11) is -4.90. The second kappa shape index (κ2) is 7.92. The Hall–Kier alpha value is 0.331. The van der Waals surface area contributed by atoms with Gasteiger partial charge in [-0.15, -0.1) is 0 Å². The molecule has 0 saturated carbocycles. The number of aromatic amines is 1. The van der Waals surface area contributed by atoms with E-state index in [1.165, 1.54) is 17.2 Å². The molecule has 1 fully saturated rings. The van der Waals surface area contributed by atoms with E-state index >= 15 is 0 Å². The van der Waals surface area contributed by atoms with Crippen molar-refractivity contribution >= 4 is 80.1 Å². The van der Waals surface area contributed by atoms with Crippen molar-refractivity contribution in [1.29, 1.82) is 0 Å². The standard InChI is InChI=1S/C10H13N4O7PS.Ba/c15-1-4-6(16)7(21-22(17,18)19)10(20-4)14-3-13-5-8(14)11-2-12-9(5)23;/h2-4,6-7,10,15-16H,1H2,(H,11,12,23)(H2,17,18,19);/t4-,6-,7-,10-;/m1./s1. The molecule has 5 N–H and O–H groups in total. The number of phosphoric acid groups is 1. The van der Waals surface area contributed by atoms with Gasteiger partial charge >= 0.3 is 7.82 Å². The van der Waals surface area contributed by atoms with Crippen molar-refractivity contribution in [2.45, 2.75) is 24.5 Å². The van der Waals surface area contributed by atoms with Crippen molar-refractivity contribution in [2.75, 3.05) is 6.61 Å². The molecule has 1 aliphatic rings. The van der Waals surface area contributed by atoms with Crippen LogP contribution in [0, 0.1) is 4.64 Å². The van der Waals surface area contributed by atoms with Crippen LogP contribution >= 0.6 is 20.0 Å². The van der Waals surface area contributed by atoms with Crippen LogP contribution in [0.4, 0.5) is 0 Å². The van der Waals surface area contributed by atoms with Crippen molar-refractivity contribution in [3.8, 4) is 0 Å². The zero-order chi connectivity index (χ0) is 16.8. The maximum atomic E-state index is 11.1. The zero-order valence-corrected chi connectivity index (χ0v) is 18.2. The minimum atomic E-state index is -4.90.